The Kier molecular flexibility index (Phi) is 11.6. The molecular weight excluding hydrogens is 346 g/mol. The minimum absolute atomic E-state index is 0.00360. The number of hydrogen-bond donors (Lipinski definition) is 2. The second kappa shape index (κ2) is 12.5. The van der Waals surface area contributed by atoms with Gasteiger partial charge >= 0.3 is 12.1 Å². The molecule has 0 saturated carbocycles. The van der Waals surface area contributed by atoms with E-state index in [4.69, 9.17) is 9.84 Å². The minimum atomic E-state index is -0.780. The van der Waals surface area contributed by atoms with Crippen molar-refractivity contribution in [1.29, 1.82) is 0 Å². The van der Waals surface area contributed by atoms with Crippen LogP contribution in [0.15, 0.2) is 17.3 Å². The number of nitrogens with zero attached hydrogens (tertiary/aromatic N) is 2. The molecule has 27 heavy (non-hydrogen) atoms. The first kappa shape index (κ1) is 25.1. The smallest absolute Gasteiger partial charge is 0.413 e. The van der Waals surface area contributed by atoms with Gasteiger partial charge in [0.2, 0.25) is 0 Å². The van der Waals surface area contributed by atoms with E-state index >= 15 is 0 Å². The third kappa shape index (κ3) is 13.0. The topological polar surface area (TPSA) is 91.2 Å². The van der Waals surface area contributed by atoms with Crippen LogP contribution in [0.5, 0.6) is 0 Å². The Hall–Kier alpha value is -1.89. The highest BCUT2D eigenvalue weighted by atomic mass is 16.6. The van der Waals surface area contributed by atoms with Crippen LogP contribution < -0.4 is 5.32 Å². The quantitative estimate of drug-likeness (QED) is 0.439. The van der Waals surface area contributed by atoms with Gasteiger partial charge in [-0.3, -0.25) is 10.1 Å². The van der Waals surface area contributed by atoms with Gasteiger partial charge in [-0.25, -0.2) is 9.79 Å². The van der Waals surface area contributed by atoms with Gasteiger partial charge < -0.3 is 14.7 Å². The van der Waals surface area contributed by atoms with Gasteiger partial charge in [0, 0.05) is 25.2 Å². The Bertz CT molecular complexity index is 522. The van der Waals surface area contributed by atoms with Crippen molar-refractivity contribution >= 4 is 17.9 Å². The molecule has 0 aliphatic rings. The lowest BCUT2D eigenvalue weighted by molar-refractivity contribution is -0.138. The molecular formula is C20H37N3O4. The number of aliphatic carboxylic acids is 1. The Balaban J connectivity index is 4.62. The van der Waals surface area contributed by atoms with Crippen LogP contribution in [0.2, 0.25) is 0 Å². The molecule has 0 rings (SSSR count). The van der Waals surface area contributed by atoms with Gasteiger partial charge in [0.1, 0.15) is 11.4 Å². The number of hydrogen-bond acceptors (Lipinski definition) is 5. The standard InChI is InChI=1S/C20H37N3O4/c1-8-11-17(22-19(26)27-20(4,5)6)21-12-9-10-13-23(7)16(15(2)3)14-18(24)25/h9,12,15-16H,8,10-11,13-14H2,1-7H3,(H,24,25)(H,21,22,26)/b12-9-. The molecule has 0 saturated heterocycles. The number of nitrogens with one attached hydrogen (secondary N) is 1. The van der Waals surface area contributed by atoms with E-state index < -0.39 is 17.7 Å². The largest absolute Gasteiger partial charge is 0.481 e. The summed E-state index contributed by atoms with van der Waals surface area (Å²) in [6.07, 6.45) is 5.48. The minimum Gasteiger partial charge on any atom is -0.481 e. The van der Waals surface area contributed by atoms with Crippen LogP contribution in [0.3, 0.4) is 0 Å². The van der Waals surface area contributed by atoms with E-state index in [1.807, 2.05) is 54.7 Å². The number of carbonyl (C=O) groups is 2. The van der Waals surface area contributed by atoms with Gasteiger partial charge in [-0.2, -0.15) is 0 Å². The first-order valence-electron chi connectivity index (χ1n) is 9.60. The molecule has 0 bridgehead atoms. The number of carbonyl (C=O) groups excluding carboxylic acids is 1. The van der Waals surface area contributed by atoms with E-state index in [0.29, 0.717) is 12.3 Å². The lowest BCUT2D eigenvalue weighted by Crippen LogP contribution is -2.38. The van der Waals surface area contributed by atoms with E-state index in [-0.39, 0.29) is 18.4 Å². The van der Waals surface area contributed by atoms with Crippen molar-refractivity contribution in [2.24, 2.45) is 10.9 Å². The molecule has 0 aromatic carbocycles. The van der Waals surface area contributed by atoms with Crippen LogP contribution in [0.1, 0.15) is 67.2 Å². The summed E-state index contributed by atoms with van der Waals surface area (Å²) in [6.45, 7) is 12.3. The number of aliphatic imine (C=N–C) groups is 1. The molecule has 1 amide bonds. The zero-order valence-corrected chi connectivity index (χ0v) is 17.9. The summed E-state index contributed by atoms with van der Waals surface area (Å²) >= 11 is 0. The predicted octanol–water partition coefficient (Wildman–Crippen LogP) is 4.04. The second-order valence-corrected chi connectivity index (χ2v) is 8.02. The van der Waals surface area contributed by atoms with E-state index in [0.717, 1.165) is 19.4 Å². The molecule has 7 heteroatoms. The first-order valence-corrected chi connectivity index (χ1v) is 9.60. The van der Waals surface area contributed by atoms with Gasteiger partial charge in [-0.1, -0.05) is 26.8 Å². The number of carboxylic acid groups (broad SMARTS) is 1. The van der Waals surface area contributed by atoms with Gasteiger partial charge in [0.25, 0.3) is 0 Å². The van der Waals surface area contributed by atoms with Crippen molar-refractivity contribution in [3.05, 3.63) is 12.3 Å². The molecule has 0 aliphatic heterocycles. The average Bonchev–Trinajstić information content (AvgIpc) is 2.49. The fourth-order valence-corrected chi connectivity index (χ4v) is 2.56. The van der Waals surface area contributed by atoms with Crippen LogP contribution in [-0.4, -0.2) is 53.1 Å². The lowest BCUT2D eigenvalue weighted by atomic mass is 9.99. The van der Waals surface area contributed by atoms with Crippen LogP contribution in [0, 0.1) is 5.92 Å². The summed E-state index contributed by atoms with van der Waals surface area (Å²) < 4.78 is 5.24. The average molecular weight is 384 g/mol. The van der Waals surface area contributed by atoms with Crippen LogP contribution >= 0.6 is 0 Å². The third-order valence-electron chi connectivity index (χ3n) is 3.84. The number of ether oxygens (including phenoxy) is 1. The van der Waals surface area contributed by atoms with Crippen molar-refractivity contribution in [3.8, 4) is 0 Å². The van der Waals surface area contributed by atoms with Gasteiger partial charge in [-0.05, 0) is 46.6 Å². The summed E-state index contributed by atoms with van der Waals surface area (Å²) in [5, 5.41) is 11.7. The Morgan fingerprint density at radius 3 is 2.41 bits per heavy atom. The molecule has 7 nitrogen and oxygen atoms in total. The van der Waals surface area contributed by atoms with Gasteiger partial charge in [0.15, 0.2) is 0 Å². The Morgan fingerprint density at radius 1 is 1.30 bits per heavy atom. The molecule has 0 aliphatic carbocycles. The highest BCUT2D eigenvalue weighted by Gasteiger charge is 2.21. The highest BCUT2D eigenvalue weighted by Crippen LogP contribution is 2.13. The summed E-state index contributed by atoms with van der Waals surface area (Å²) in [7, 11) is 1.94. The molecule has 0 aromatic heterocycles. The molecule has 156 valence electrons. The van der Waals surface area contributed by atoms with Crippen LogP contribution in [-0.2, 0) is 9.53 Å². The molecule has 1 unspecified atom stereocenters. The molecule has 0 aromatic rings. The van der Waals surface area contributed by atoms with E-state index in [9.17, 15) is 9.59 Å². The lowest BCUT2D eigenvalue weighted by Gasteiger charge is -2.29. The second-order valence-electron chi connectivity index (χ2n) is 8.02. The third-order valence-corrected chi connectivity index (χ3v) is 3.84. The van der Waals surface area contributed by atoms with Crippen molar-refractivity contribution in [1.82, 2.24) is 10.2 Å². The normalized spacial score (nSPS) is 14.0. The van der Waals surface area contributed by atoms with Crippen molar-refractivity contribution < 1.29 is 19.4 Å². The van der Waals surface area contributed by atoms with Crippen molar-refractivity contribution in [2.75, 3.05) is 13.6 Å². The summed E-state index contributed by atoms with van der Waals surface area (Å²) in [5.41, 5.74) is -0.551. The van der Waals surface area contributed by atoms with E-state index in [1.165, 1.54) is 0 Å². The molecule has 1 atom stereocenters. The summed E-state index contributed by atoms with van der Waals surface area (Å²) in [6, 6.07) is 0.00360. The molecule has 0 radical (unpaired) electrons. The van der Waals surface area contributed by atoms with Crippen LogP contribution in [0.25, 0.3) is 0 Å². The number of alkyl carbamates (subject to hydrolysis) is 1. The van der Waals surface area contributed by atoms with Gasteiger partial charge in [-0.15, -0.1) is 0 Å². The number of amides is 1. The molecule has 0 fully saturated rings. The number of amidine groups is 1. The zero-order valence-electron chi connectivity index (χ0n) is 17.9. The Morgan fingerprint density at radius 2 is 1.93 bits per heavy atom. The van der Waals surface area contributed by atoms with E-state index in [1.54, 1.807) is 6.20 Å². The zero-order chi connectivity index (χ0) is 21.0. The maximum Gasteiger partial charge on any atom is 0.413 e. The Labute approximate surface area is 163 Å². The SMILES string of the molecule is CCCC(=N/C=C\CCN(C)C(CC(=O)O)C(C)C)NC(=O)OC(C)(C)C. The monoisotopic (exact) mass is 383 g/mol. The fraction of sp³-hybridized carbons (Fsp3) is 0.750. The van der Waals surface area contributed by atoms with E-state index in [2.05, 4.69) is 15.2 Å². The highest BCUT2D eigenvalue weighted by molar-refractivity contribution is 5.95. The number of rotatable bonds is 10. The molecule has 0 spiro atoms. The fourth-order valence-electron chi connectivity index (χ4n) is 2.56. The molecule has 2 N–H and O–H groups in total. The predicted molar refractivity (Wildman–Crippen MR) is 109 cm³/mol. The van der Waals surface area contributed by atoms with Crippen molar-refractivity contribution in [3.63, 3.8) is 0 Å². The maximum absolute atomic E-state index is 11.9. The number of carboxylic acids is 1. The summed E-state index contributed by atoms with van der Waals surface area (Å²) in [5.74, 6) is 0.0580. The molecule has 0 heterocycles. The summed E-state index contributed by atoms with van der Waals surface area (Å²) in [4.78, 5) is 29.2. The van der Waals surface area contributed by atoms with Crippen LogP contribution in [0.4, 0.5) is 4.79 Å². The first-order chi connectivity index (χ1) is 12.5. The van der Waals surface area contributed by atoms with Crippen molar-refractivity contribution in [2.45, 2.75) is 78.9 Å². The van der Waals surface area contributed by atoms with Gasteiger partial charge in [0.05, 0.1) is 6.42 Å². The maximum atomic E-state index is 11.9.